The summed E-state index contributed by atoms with van der Waals surface area (Å²) in [6.07, 6.45) is -1.81. The van der Waals surface area contributed by atoms with Gasteiger partial charge >= 0.3 is 0 Å². The molecule has 0 aliphatic carbocycles. The van der Waals surface area contributed by atoms with Crippen LogP contribution in [0.3, 0.4) is 0 Å². The molecule has 1 heterocycles. The number of hydrogen-bond donors (Lipinski definition) is 1. The molecule has 1 aromatic heterocycles. The third kappa shape index (κ3) is 1.94. The molecule has 0 spiro atoms. The Bertz CT molecular complexity index is 469. The molecule has 2 aromatic rings. The van der Waals surface area contributed by atoms with E-state index >= 15 is 0 Å². The van der Waals surface area contributed by atoms with Crippen LogP contribution in [-0.2, 0) is 0 Å². The highest BCUT2D eigenvalue weighted by Crippen LogP contribution is 2.24. The predicted molar refractivity (Wildman–Crippen MR) is 54.7 cm³/mol. The molecule has 2 nitrogen and oxygen atoms in total. The minimum absolute atomic E-state index is 0.807. The van der Waals surface area contributed by atoms with E-state index in [4.69, 9.17) is 5.11 Å². The van der Waals surface area contributed by atoms with Gasteiger partial charge in [0.1, 0.15) is 0 Å². The molecule has 0 bridgehead atoms. The van der Waals surface area contributed by atoms with E-state index in [2.05, 4.69) is 11.8 Å². The highest BCUT2D eigenvalue weighted by Gasteiger charge is 1.96. The first kappa shape index (κ1) is 9.22. The van der Waals surface area contributed by atoms with Crippen molar-refractivity contribution in [2.45, 2.75) is 6.29 Å². The molecule has 14 heavy (non-hydrogen) atoms. The maximum Gasteiger partial charge on any atom is 0.0781 e. The number of rotatable bonds is 0. The van der Waals surface area contributed by atoms with Gasteiger partial charge in [-0.05, 0) is 17.5 Å². The molecular formula is C11H7O2S-. The summed E-state index contributed by atoms with van der Waals surface area (Å²) in [5.41, 5.74) is 0. The first-order chi connectivity index (χ1) is 6.75. The van der Waals surface area contributed by atoms with E-state index in [9.17, 15) is 5.11 Å². The molecule has 0 saturated heterocycles. The van der Waals surface area contributed by atoms with Crippen LogP contribution >= 0.6 is 11.3 Å². The van der Waals surface area contributed by atoms with E-state index in [1.165, 1.54) is 11.3 Å². The highest BCUT2D eigenvalue weighted by atomic mass is 32.1. The van der Waals surface area contributed by atoms with E-state index < -0.39 is 6.29 Å². The number of aliphatic hydroxyl groups is 1. The number of fused-ring (bicyclic) bond motifs is 1. The van der Waals surface area contributed by atoms with Crippen molar-refractivity contribution < 1.29 is 10.2 Å². The lowest BCUT2D eigenvalue weighted by Crippen LogP contribution is -2.21. The van der Waals surface area contributed by atoms with Crippen LogP contribution in [-0.4, -0.2) is 11.4 Å². The van der Waals surface area contributed by atoms with Crippen LogP contribution < -0.4 is 5.11 Å². The molecule has 3 heteroatoms. The minimum Gasteiger partial charge on any atom is -0.821 e. The van der Waals surface area contributed by atoms with Crippen molar-refractivity contribution >= 4 is 21.4 Å². The fourth-order valence-electron chi connectivity index (χ4n) is 1.18. The standard InChI is InChI=1S/C11H7O2S/c12-11(13)6-5-9-7-8-3-1-2-4-10(8)14-9/h1-4,7,11-12H/q-1. The maximum atomic E-state index is 10.3. The van der Waals surface area contributed by atoms with Crippen molar-refractivity contribution in [3.8, 4) is 11.8 Å². The van der Waals surface area contributed by atoms with Crippen LogP contribution in [0.4, 0.5) is 0 Å². The normalized spacial score (nSPS) is 12.1. The Hall–Kier alpha value is -1.34. The van der Waals surface area contributed by atoms with E-state index in [1.54, 1.807) is 0 Å². The van der Waals surface area contributed by atoms with Crippen molar-refractivity contribution in [2.75, 3.05) is 0 Å². The van der Waals surface area contributed by atoms with Crippen molar-refractivity contribution in [1.82, 2.24) is 0 Å². The molecule has 0 aliphatic heterocycles. The molecule has 0 amide bonds. The molecule has 0 saturated carbocycles. The molecule has 1 unspecified atom stereocenters. The van der Waals surface area contributed by atoms with Gasteiger partial charge in [-0.2, -0.15) is 0 Å². The van der Waals surface area contributed by atoms with Gasteiger partial charge in [0.15, 0.2) is 0 Å². The molecular weight excluding hydrogens is 196 g/mol. The quantitative estimate of drug-likeness (QED) is 0.511. The largest absolute Gasteiger partial charge is 0.821 e. The van der Waals surface area contributed by atoms with Crippen LogP contribution in [0.1, 0.15) is 4.88 Å². The Morgan fingerprint density at radius 1 is 1.36 bits per heavy atom. The average Bonchev–Trinajstić information content (AvgIpc) is 2.57. The zero-order chi connectivity index (χ0) is 9.97. The van der Waals surface area contributed by atoms with E-state index in [-0.39, 0.29) is 0 Å². The predicted octanol–water partition coefficient (Wildman–Crippen LogP) is 0.931. The summed E-state index contributed by atoms with van der Waals surface area (Å²) in [6, 6.07) is 9.81. The van der Waals surface area contributed by atoms with Crippen LogP contribution in [0.15, 0.2) is 30.3 Å². The smallest absolute Gasteiger partial charge is 0.0781 e. The lowest BCUT2D eigenvalue weighted by Gasteiger charge is -2.02. The summed E-state index contributed by atoms with van der Waals surface area (Å²) in [5, 5.41) is 19.9. The Labute approximate surface area is 85.4 Å². The Morgan fingerprint density at radius 2 is 2.14 bits per heavy atom. The fourth-order valence-corrected chi connectivity index (χ4v) is 2.10. The molecule has 1 aromatic carbocycles. The van der Waals surface area contributed by atoms with Crippen LogP contribution in [0.25, 0.3) is 10.1 Å². The van der Waals surface area contributed by atoms with Crippen LogP contribution in [0.2, 0.25) is 0 Å². The fraction of sp³-hybridized carbons (Fsp3) is 0.0909. The van der Waals surface area contributed by atoms with E-state index in [0.29, 0.717) is 0 Å². The Morgan fingerprint density at radius 3 is 2.86 bits per heavy atom. The van der Waals surface area contributed by atoms with Crippen molar-refractivity contribution in [1.29, 1.82) is 0 Å². The molecule has 0 fully saturated rings. The first-order valence-electron chi connectivity index (χ1n) is 4.10. The summed E-state index contributed by atoms with van der Waals surface area (Å²) < 4.78 is 1.14. The Kier molecular flexibility index (Phi) is 2.51. The lowest BCUT2D eigenvalue weighted by molar-refractivity contribution is -0.459. The number of aliphatic hydroxyl groups excluding tert-OH is 1. The van der Waals surface area contributed by atoms with Crippen molar-refractivity contribution in [3.05, 3.63) is 35.2 Å². The van der Waals surface area contributed by atoms with Gasteiger partial charge in [0.25, 0.3) is 0 Å². The van der Waals surface area contributed by atoms with Crippen molar-refractivity contribution in [2.24, 2.45) is 0 Å². The van der Waals surface area contributed by atoms with Gasteiger partial charge in [-0.25, -0.2) is 0 Å². The van der Waals surface area contributed by atoms with Gasteiger partial charge in [-0.3, -0.25) is 0 Å². The SMILES string of the molecule is [O-]C(O)C#Cc1cc2ccccc2s1. The summed E-state index contributed by atoms with van der Waals surface area (Å²) in [5.74, 6) is 4.82. The highest BCUT2D eigenvalue weighted by molar-refractivity contribution is 7.19. The van der Waals surface area contributed by atoms with Gasteiger partial charge in [0.05, 0.1) is 4.88 Å². The maximum absolute atomic E-state index is 10.3. The van der Waals surface area contributed by atoms with Gasteiger partial charge in [-0.1, -0.05) is 30.0 Å². The summed E-state index contributed by atoms with van der Waals surface area (Å²) in [7, 11) is 0. The van der Waals surface area contributed by atoms with Gasteiger partial charge < -0.3 is 10.2 Å². The van der Waals surface area contributed by atoms with Crippen molar-refractivity contribution in [3.63, 3.8) is 0 Å². The molecule has 0 aliphatic rings. The molecule has 1 atom stereocenters. The monoisotopic (exact) mass is 203 g/mol. The lowest BCUT2D eigenvalue weighted by atomic mass is 10.2. The number of thiophene rings is 1. The Balaban J connectivity index is 2.42. The first-order valence-corrected chi connectivity index (χ1v) is 4.91. The summed E-state index contributed by atoms with van der Waals surface area (Å²) in [4.78, 5) is 0.807. The second-order valence-electron chi connectivity index (χ2n) is 2.77. The second-order valence-corrected chi connectivity index (χ2v) is 3.85. The van der Waals surface area contributed by atoms with E-state index in [0.717, 1.165) is 15.0 Å². The third-order valence-electron chi connectivity index (χ3n) is 1.74. The molecule has 1 N–H and O–H groups in total. The molecule has 2 rings (SSSR count). The summed E-state index contributed by atoms with van der Waals surface area (Å²) in [6.45, 7) is 0. The van der Waals surface area contributed by atoms with Gasteiger partial charge in [-0.15, -0.1) is 11.3 Å². The number of hydrogen-bond acceptors (Lipinski definition) is 3. The third-order valence-corrected chi connectivity index (χ3v) is 2.78. The second kappa shape index (κ2) is 3.81. The van der Waals surface area contributed by atoms with Gasteiger partial charge in [0, 0.05) is 11.0 Å². The minimum atomic E-state index is -1.81. The topological polar surface area (TPSA) is 43.3 Å². The molecule has 70 valence electrons. The zero-order valence-electron chi connectivity index (χ0n) is 7.23. The average molecular weight is 203 g/mol. The van der Waals surface area contributed by atoms with E-state index in [1.807, 2.05) is 30.3 Å². The zero-order valence-corrected chi connectivity index (χ0v) is 8.04. The van der Waals surface area contributed by atoms with Gasteiger partial charge in [0.2, 0.25) is 0 Å². The van der Waals surface area contributed by atoms with Crippen LogP contribution in [0.5, 0.6) is 0 Å². The van der Waals surface area contributed by atoms with Crippen LogP contribution in [0, 0.1) is 11.8 Å². The summed E-state index contributed by atoms with van der Waals surface area (Å²) >= 11 is 1.52. The molecule has 0 radical (unpaired) electrons. The number of benzene rings is 1.